The summed E-state index contributed by atoms with van der Waals surface area (Å²) in [5.74, 6) is 0. The van der Waals surface area contributed by atoms with E-state index >= 15 is 0 Å². The zero-order valence-corrected chi connectivity index (χ0v) is 12.1. The van der Waals surface area contributed by atoms with E-state index < -0.39 is 0 Å². The lowest BCUT2D eigenvalue weighted by molar-refractivity contribution is 0.646. The molecule has 0 N–H and O–H groups in total. The van der Waals surface area contributed by atoms with Crippen LogP contribution in [0.4, 0.5) is 0 Å². The monoisotopic (exact) mass is 321 g/mol. The Labute approximate surface area is 117 Å². The van der Waals surface area contributed by atoms with E-state index in [4.69, 9.17) is 0 Å². The van der Waals surface area contributed by atoms with Crippen molar-refractivity contribution in [1.29, 1.82) is 0 Å². The number of fused-ring (bicyclic) bond motifs is 1. The highest BCUT2D eigenvalue weighted by atomic mass is 79.9. The van der Waals surface area contributed by atoms with Crippen molar-refractivity contribution in [3.8, 4) is 0 Å². The zero-order chi connectivity index (χ0) is 13.6. The summed E-state index contributed by atoms with van der Waals surface area (Å²) < 4.78 is 5.95. The molecule has 0 aromatic carbocycles. The second-order valence-corrected chi connectivity index (χ2v) is 5.15. The van der Waals surface area contributed by atoms with Gasteiger partial charge in [0.05, 0.1) is 28.6 Å². The highest BCUT2D eigenvalue weighted by molar-refractivity contribution is 9.10. The SMILES string of the molecule is Cc1nn(C)c(Cn2ccn3nccc3c2=O)c1Br. The van der Waals surface area contributed by atoms with Gasteiger partial charge < -0.3 is 4.57 Å². The van der Waals surface area contributed by atoms with Crippen molar-refractivity contribution in [2.75, 3.05) is 0 Å². The van der Waals surface area contributed by atoms with Crippen molar-refractivity contribution in [1.82, 2.24) is 24.0 Å². The average Bonchev–Trinajstić information content (AvgIpc) is 2.93. The molecule has 98 valence electrons. The van der Waals surface area contributed by atoms with Gasteiger partial charge >= 0.3 is 0 Å². The third kappa shape index (κ3) is 1.90. The molecule has 0 unspecified atom stereocenters. The Bertz CT molecular complexity index is 813. The average molecular weight is 322 g/mol. The molecule has 0 amide bonds. The smallest absolute Gasteiger partial charge is 0.276 e. The van der Waals surface area contributed by atoms with Gasteiger partial charge in [0.15, 0.2) is 0 Å². The molecule has 0 aliphatic rings. The first-order valence-electron chi connectivity index (χ1n) is 5.78. The predicted octanol–water partition coefficient (Wildman–Crippen LogP) is 1.35. The first-order chi connectivity index (χ1) is 9.08. The van der Waals surface area contributed by atoms with Gasteiger partial charge in [0, 0.05) is 19.4 Å². The van der Waals surface area contributed by atoms with Gasteiger partial charge in [-0.2, -0.15) is 10.2 Å². The Balaban J connectivity index is 2.10. The van der Waals surface area contributed by atoms with Gasteiger partial charge in [0.25, 0.3) is 5.56 Å². The van der Waals surface area contributed by atoms with Gasteiger partial charge in [-0.3, -0.25) is 9.48 Å². The van der Waals surface area contributed by atoms with Gasteiger partial charge in [-0.15, -0.1) is 0 Å². The second kappa shape index (κ2) is 4.34. The van der Waals surface area contributed by atoms with E-state index in [1.807, 2.05) is 14.0 Å². The van der Waals surface area contributed by atoms with E-state index in [0.29, 0.717) is 12.1 Å². The maximum Gasteiger partial charge on any atom is 0.276 e. The van der Waals surface area contributed by atoms with Crippen LogP contribution in [0.1, 0.15) is 11.4 Å². The lowest BCUT2D eigenvalue weighted by Gasteiger charge is -2.07. The van der Waals surface area contributed by atoms with E-state index in [9.17, 15) is 4.79 Å². The Morgan fingerprint density at radius 3 is 2.84 bits per heavy atom. The summed E-state index contributed by atoms with van der Waals surface area (Å²) in [7, 11) is 1.87. The molecule has 0 atom stereocenters. The van der Waals surface area contributed by atoms with Gasteiger partial charge in [-0.1, -0.05) is 0 Å². The Morgan fingerprint density at radius 1 is 1.37 bits per heavy atom. The van der Waals surface area contributed by atoms with E-state index in [1.54, 1.807) is 38.4 Å². The zero-order valence-electron chi connectivity index (χ0n) is 10.5. The van der Waals surface area contributed by atoms with Crippen molar-refractivity contribution in [3.63, 3.8) is 0 Å². The summed E-state index contributed by atoms with van der Waals surface area (Å²) in [4.78, 5) is 12.3. The third-order valence-corrected chi connectivity index (χ3v) is 4.15. The largest absolute Gasteiger partial charge is 0.306 e. The minimum Gasteiger partial charge on any atom is -0.306 e. The fraction of sp³-hybridized carbons (Fsp3) is 0.250. The summed E-state index contributed by atoms with van der Waals surface area (Å²) in [6.45, 7) is 2.40. The number of aromatic nitrogens is 5. The topological polar surface area (TPSA) is 57.1 Å². The molecule has 3 aromatic rings. The summed E-state index contributed by atoms with van der Waals surface area (Å²) in [5, 5.41) is 8.37. The molecule has 0 saturated heterocycles. The van der Waals surface area contributed by atoms with Gasteiger partial charge in [0.2, 0.25) is 0 Å². The fourth-order valence-corrected chi connectivity index (χ4v) is 2.56. The van der Waals surface area contributed by atoms with Crippen LogP contribution in [-0.2, 0) is 13.6 Å². The standard InChI is InChI=1S/C12H12BrN5O/c1-8-11(13)10(16(2)15-8)7-17-5-6-18-9(12(17)19)3-4-14-18/h3-6H,7H2,1-2H3. The first kappa shape index (κ1) is 12.2. The Hall–Kier alpha value is -1.89. The summed E-state index contributed by atoms with van der Waals surface area (Å²) in [5.41, 5.74) is 2.38. The normalized spacial score (nSPS) is 11.3. The van der Waals surface area contributed by atoms with Crippen LogP contribution in [0.2, 0.25) is 0 Å². The quantitative estimate of drug-likeness (QED) is 0.716. The fourth-order valence-electron chi connectivity index (χ4n) is 2.10. The molecular formula is C12H12BrN5O. The highest BCUT2D eigenvalue weighted by Crippen LogP contribution is 2.20. The Morgan fingerprint density at radius 2 is 2.16 bits per heavy atom. The number of halogens is 1. The number of hydrogen-bond donors (Lipinski definition) is 0. The molecule has 19 heavy (non-hydrogen) atoms. The van der Waals surface area contributed by atoms with Crippen LogP contribution in [0.5, 0.6) is 0 Å². The van der Waals surface area contributed by atoms with Crippen molar-refractivity contribution in [3.05, 3.63) is 50.9 Å². The third-order valence-electron chi connectivity index (χ3n) is 3.12. The van der Waals surface area contributed by atoms with Crippen LogP contribution < -0.4 is 5.56 Å². The van der Waals surface area contributed by atoms with E-state index in [1.165, 1.54) is 0 Å². The molecule has 0 saturated carbocycles. The van der Waals surface area contributed by atoms with Crippen molar-refractivity contribution in [2.24, 2.45) is 7.05 Å². The molecule has 0 bridgehead atoms. The van der Waals surface area contributed by atoms with Gasteiger partial charge in [0.1, 0.15) is 5.52 Å². The molecule has 0 spiro atoms. The molecule has 7 heteroatoms. The minimum absolute atomic E-state index is 0.0641. The van der Waals surface area contributed by atoms with Crippen LogP contribution in [0.25, 0.3) is 5.52 Å². The van der Waals surface area contributed by atoms with Gasteiger partial charge in [-0.05, 0) is 28.9 Å². The molecule has 3 heterocycles. The summed E-state index contributed by atoms with van der Waals surface area (Å²) >= 11 is 3.51. The lowest BCUT2D eigenvalue weighted by atomic mass is 10.3. The summed E-state index contributed by atoms with van der Waals surface area (Å²) in [6.07, 6.45) is 5.12. The summed E-state index contributed by atoms with van der Waals surface area (Å²) in [6, 6.07) is 1.71. The molecule has 0 radical (unpaired) electrons. The van der Waals surface area contributed by atoms with Crippen LogP contribution in [0.3, 0.4) is 0 Å². The Kier molecular flexibility index (Phi) is 2.78. The number of hydrogen-bond acceptors (Lipinski definition) is 3. The molecule has 3 aromatic heterocycles. The maximum absolute atomic E-state index is 12.3. The van der Waals surface area contributed by atoms with Crippen LogP contribution in [0.15, 0.2) is 33.9 Å². The second-order valence-electron chi connectivity index (χ2n) is 4.36. The highest BCUT2D eigenvalue weighted by Gasteiger charge is 2.12. The molecular weight excluding hydrogens is 310 g/mol. The van der Waals surface area contributed by atoms with Gasteiger partial charge in [-0.25, -0.2) is 4.52 Å². The van der Waals surface area contributed by atoms with Crippen molar-refractivity contribution >= 4 is 21.4 Å². The van der Waals surface area contributed by atoms with E-state index in [-0.39, 0.29) is 5.56 Å². The van der Waals surface area contributed by atoms with Crippen molar-refractivity contribution in [2.45, 2.75) is 13.5 Å². The molecule has 3 rings (SSSR count). The number of nitrogens with zero attached hydrogens (tertiary/aromatic N) is 5. The molecule has 0 fully saturated rings. The van der Waals surface area contributed by atoms with Crippen LogP contribution in [-0.4, -0.2) is 24.0 Å². The lowest BCUT2D eigenvalue weighted by Crippen LogP contribution is -2.23. The number of rotatable bonds is 2. The molecule has 0 aliphatic heterocycles. The minimum atomic E-state index is -0.0641. The predicted molar refractivity (Wildman–Crippen MR) is 74.2 cm³/mol. The number of aryl methyl sites for hydroxylation is 2. The molecule has 6 nitrogen and oxygen atoms in total. The van der Waals surface area contributed by atoms with E-state index in [2.05, 4.69) is 26.1 Å². The first-order valence-corrected chi connectivity index (χ1v) is 6.58. The maximum atomic E-state index is 12.3. The van der Waals surface area contributed by atoms with Crippen LogP contribution in [0, 0.1) is 6.92 Å². The van der Waals surface area contributed by atoms with Crippen molar-refractivity contribution < 1.29 is 0 Å². The molecule has 0 aliphatic carbocycles. The van der Waals surface area contributed by atoms with E-state index in [0.717, 1.165) is 15.9 Å². The van der Waals surface area contributed by atoms with Crippen LogP contribution >= 0.6 is 15.9 Å².